The highest BCUT2D eigenvalue weighted by Gasteiger charge is 2.50. The van der Waals surface area contributed by atoms with Gasteiger partial charge < -0.3 is 4.40 Å². The van der Waals surface area contributed by atoms with E-state index in [0.717, 1.165) is 27.7 Å². The van der Waals surface area contributed by atoms with Crippen LogP contribution in [0.2, 0.25) is 0 Å². The largest absolute Gasteiger partial charge is 0.307 e. The maximum atomic E-state index is 13.9. The van der Waals surface area contributed by atoms with Crippen LogP contribution in [-0.4, -0.2) is 4.40 Å². The van der Waals surface area contributed by atoms with Gasteiger partial charge in [0.1, 0.15) is 0 Å². The molecule has 7 aromatic rings. The molecule has 3 heterocycles. The lowest BCUT2D eigenvalue weighted by Gasteiger charge is -2.39. The lowest BCUT2D eigenvalue weighted by Crippen LogP contribution is -2.34. The Morgan fingerprint density at radius 2 is 0.806 bits per heavy atom. The standard InChI is InChI=1S/C33H17NO2/c35-31-20-10-5-11-21-28(20)34-29-22(31)12-6-16-26(29)33(27-17-7-13-23(30(27)34)32(21)36)24-14-3-1-8-18(24)19-9-2-4-15-25(19)33/h1-17H. The summed E-state index contributed by atoms with van der Waals surface area (Å²) in [6.07, 6.45) is 0. The molecule has 0 radical (unpaired) electrons. The lowest BCUT2D eigenvalue weighted by molar-refractivity contribution is 0.767. The van der Waals surface area contributed by atoms with Crippen LogP contribution in [0.15, 0.2) is 113 Å². The van der Waals surface area contributed by atoms with Crippen molar-refractivity contribution >= 4 is 38.1 Å². The van der Waals surface area contributed by atoms with Gasteiger partial charge in [-0.2, -0.15) is 0 Å². The number of benzene rings is 5. The van der Waals surface area contributed by atoms with Gasteiger partial charge in [0.25, 0.3) is 0 Å². The Kier molecular flexibility index (Phi) is 3.04. The van der Waals surface area contributed by atoms with E-state index in [9.17, 15) is 9.59 Å². The van der Waals surface area contributed by atoms with E-state index < -0.39 is 5.41 Å². The summed E-state index contributed by atoms with van der Waals surface area (Å²) in [5.74, 6) is 0. The Morgan fingerprint density at radius 3 is 1.31 bits per heavy atom. The molecule has 36 heavy (non-hydrogen) atoms. The van der Waals surface area contributed by atoms with Crippen LogP contribution in [0.3, 0.4) is 0 Å². The van der Waals surface area contributed by atoms with E-state index in [1.807, 2.05) is 42.5 Å². The van der Waals surface area contributed by atoms with Crippen molar-refractivity contribution in [3.05, 3.63) is 146 Å². The highest BCUT2D eigenvalue weighted by atomic mass is 16.1. The van der Waals surface area contributed by atoms with Crippen LogP contribution in [0.4, 0.5) is 0 Å². The van der Waals surface area contributed by atoms with Crippen molar-refractivity contribution in [1.29, 1.82) is 0 Å². The zero-order valence-electron chi connectivity index (χ0n) is 19.1. The Balaban J connectivity index is 1.71. The summed E-state index contributed by atoms with van der Waals surface area (Å²) in [4.78, 5) is 27.8. The van der Waals surface area contributed by atoms with Gasteiger partial charge in [-0.3, -0.25) is 9.59 Å². The Bertz CT molecular complexity index is 2100. The highest BCUT2D eigenvalue weighted by Crippen LogP contribution is 2.59. The predicted octanol–water partition coefficient (Wildman–Crippen LogP) is 6.23. The van der Waals surface area contributed by atoms with Crippen LogP contribution in [-0.2, 0) is 5.41 Å². The molecular weight excluding hydrogens is 442 g/mol. The maximum absolute atomic E-state index is 13.9. The summed E-state index contributed by atoms with van der Waals surface area (Å²) in [7, 11) is 0. The second-order valence-electron chi connectivity index (χ2n) is 9.94. The molecule has 0 unspecified atom stereocenters. The molecular formula is C33H17NO2. The van der Waals surface area contributed by atoms with E-state index in [1.54, 1.807) is 0 Å². The van der Waals surface area contributed by atoms with Crippen LogP contribution in [0.1, 0.15) is 22.3 Å². The molecule has 9 rings (SSSR count). The number of para-hydroxylation sites is 3. The molecule has 0 bridgehead atoms. The molecule has 2 aromatic heterocycles. The van der Waals surface area contributed by atoms with Crippen molar-refractivity contribution in [3.63, 3.8) is 0 Å². The number of hydrogen-bond donors (Lipinski definition) is 0. The fraction of sp³-hybridized carbons (Fsp3) is 0.0303. The lowest BCUT2D eigenvalue weighted by atomic mass is 9.65. The molecule has 3 heteroatoms. The first-order chi connectivity index (χ1) is 17.7. The number of pyridine rings is 2. The van der Waals surface area contributed by atoms with Gasteiger partial charge in [-0.15, -0.1) is 0 Å². The van der Waals surface area contributed by atoms with Gasteiger partial charge in [-0.05, 0) is 57.6 Å². The van der Waals surface area contributed by atoms with Crippen molar-refractivity contribution in [2.24, 2.45) is 0 Å². The zero-order chi connectivity index (χ0) is 23.8. The van der Waals surface area contributed by atoms with E-state index in [2.05, 4.69) is 65.1 Å². The minimum Gasteiger partial charge on any atom is -0.307 e. The van der Waals surface area contributed by atoms with Crippen molar-refractivity contribution in [2.45, 2.75) is 5.41 Å². The normalized spacial score (nSPS) is 14.6. The number of nitrogens with zero attached hydrogens (tertiary/aromatic N) is 1. The van der Waals surface area contributed by atoms with Crippen LogP contribution >= 0.6 is 0 Å². The fourth-order valence-corrected chi connectivity index (χ4v) is 7.28. The van der Waals surface area contributed by atoms with Gasteiger partial charge in [0.05, 0.1) is 22.0 Å². The van der Waals surface area contributed by atoms with Crippen molar-refractivity contribution in [3.8, 4) is 11.1 Å². The molecule has 1 aliphatic carbocycles. The van der Waals surface area contributed by atoms with Crippen molar-refractivity contribution < 1.29 is 0 Å². The minimum atomic E-state index is -0.620. The van der Waals surface area contributed by atoms with Crippen LogP contribution in [0.25, 0.3) is 49.2 Å². The third kappa shape index (κ3) is 1.76. The molecule has 1 spiro atoms. The first-order valence-electron chi connectivity index (χ1n) is 12.2. The van der Waals surface area contributed by atoms with Gasteiger partial charge >= 0.3 is 0 Å². The van der Waals surface area contributed by atoms with Gasteiger partial charge in [-0.1, -0.05) is 78.9 Å². The molecule has 2 aliphatic rings. The molecule has 0 atom stereocenters. The van der Waals surface area contributed by atoms with Crippen LogP contribution in [0.5, 0.6) is 0 Å². The predicted molar refractivity (Wildman–Crippen MR) is 145 cm³/mol. The topological polar surface area (TPSA) is 38.5 Å². The summed E-state index contributed by atoms with van der Waals surface area (Å²) in [5.41, 5.74) is 8.82. The molecule has 166 valence electrons. The number of rotatable bonds is 0. The molecule has 0 fully saturated rings. The molecule has 0 saturated heterocycles. The molecule has 0 N–H and O–H groups in total. The highest BCUT2D eigenvalue weighted by molar-refractivity contribution is 6.11. The SMILES string of the molecule is O=c1c2cccc3c2n2c4c(cccc4c(=O)c4cccc1c42)C31c2ccccc2-c2ccccc21. The molecule has 3 nitrogen and oxygen atoms in total. The average molecular weight is 460 g/mol. The van der Waals surface area contributed by atoms with E-state index in [4.69, 9.17) is 0 Å². The number of hydrogen-bond acceptors (Lipinski definition) is 2. The van der Waals surface area contributed by atoms with Gasteiger partial charge in [0, 0.05) is 21.5 Å². The molecule has 5 aromatic carbocycles. The third-order valence-corrected chi connectivity index (χ3v) is 8.52. The number of aromatic nitrogens is 1. The minimum absolute atomic E-state index is 0.0229. The van der Waals surface area contributed by atoms with Crippen molar-refractivity contribution in [2.75, 3.05) is 0 Å². The quantitative estimate of drug-likeness (QED) is 0.199. The Morgan fingerprint density at radius 1 is 0.417 bits per heavy atom. The monoisotopic (exact) mass is 459 g/mol. The second kappa shape index (κ2) is 5.89. The fourth-order valence-electron chi connectivity index (χ4n) is 7.28. The van der Waals surface area contributed by atoms with E-state index in [-0.39, 0.29) is 10.9 Å². The van der Waals surface area contributed by atoms with Crippen molar-refractivity contribution in [1.82, 2.24) is 4.40 Å². The summed E-state index contributed by atoms with van der Waals surface area (Å²) < 4.78 is 2.21. The van der Waals surface area contributed by atoms with Gasteiger partial charge in [-0.25, -0.2) is 0 Å². The average Bonchev–Trinajstić information content (AvgIpc) is 3.22. The number of fused-ring (bicyclic) bond motifs is 7. The Hall–Kier alpha value is -4.76. The molecule has 1 aliphatic heterocycles. The third-order valence-electron chi connectivity index (χ3n) is 8.52. The molecule has 0 saturated carbocycles. The van der Waals surface area contributed by atoms with E-state index in [1.165, 1.54) is 22.3 Å². The van der Waals surface area contributed by atoms with E-state index >= 15 is 0 Å². The van der Waals surface area contributed by atoms with Crippen LogP contribution in [0, 0.1) is 0 Å². The van der Waals surface area contributed by atoms with Gasteiger partial charge in [0.15, 0.2) is 10.9 Å². The second-order valence-corrected chi connectivity index (χ2v) is 9.94. The van der Waals surface area contributed by atoms with Crippen LogP contribution < -0.4 is 10.9 Å². The summed E-state index contributed by atoms with van der Waals surface area (Å²) in [6, 6.07) is 34.9. The zero-order valence-corrected chi connectivity index (χ0v) is 19.1. The first-order valence-corrected chi connectivity index (χ1v) is 12.2. The smallest absolute Gasteiger partial charge is 0.197 e. The molecule has 0 amide bonds. The summed E-state index contributed by atoms with van der Waals surface area (Å²) in [5, 5.41) is 2.56. The van der Waals surface area contributed by atoms with Gasteiger partial charge in [0.2, 0.25) is 0 Å². The van der Waals surface area contributed by atoms with E-state index in [0.29, 0.717) is 21.5 Å². The summed E-state index contributed by atoms with van der Waals surface area (Å²) >= 11 is 0. The Labute approximate surface area is 204 Å². The maximum Gasteiger partial charge on any atom is 0.197 e. The first kappa shape index (κ1) is 18.6. The summed E-state index contributed by atoms with van der Waals surface area (Å²) in [6.45, 7) is 0.